The van der Waals surface area contributed by atoms with Crippen LogP contribution in [0, 0.1) is 5.92 Å². The number of anilines is 1. The van der Waals surface area contributed by atoms with Gasteiger partial charge in [-0.2, -0.15) is 0 Å². The van der Waals surface area contributed by atoms with Crippen molar-refractivity contribution in [3.63, 3.8) is 0 Å². The van der Waals surface area contributed by atoms with Gasteiger partial charge in [0.2, 0.25) is 0 Å². The average Bonchev–Trinajstić information content (AvgIpc) is 2.50. The molecular formula is C16H22N2O3. The number of rotatable bonds is 4. The Labute approximate surface area is 125 Å². The van der Waals surface area contributed by atoms with Gasteiger partial charge in [0.25, 0.3) is 0 Å². The number of aromatic carboxylic acids is 1. The number of benzene rings is 1. The van der Waals surface area contributed by atoms with Crippen molar-refractivity contribution in [2.75, 3.05) is 18.0 Å². The highest BCUT2D eigenvalue weighted by molar-refractivity contribution is 5.97. The molecule has 2 N–H and O–H groups in total. The molecular weight excluding hydrogens is 268 g/mol. The zero-order valence-electron chi connectivity index (χ0n) is 12.6. The van der Waals surface area contributed by atoms with E-state index in [-0.39, 0.29) is 6.03 Å². The fourth-order valence-electron chi connectivity index (χ4n) is 2.54. The minimum Gasteiger partial charge on any atom is -0.478 e. The van der Waals surface area contributed by atoms with Gasteiger partial charge in [0.15, 0.2) is 0 Å². The fraction of sp³-hybridized carbons (Fsp3) is 0.500. The van der Waals surface area contributed by atoms with Gasteiger partial charge >= 0.3 is 12.0 Å². The zero-order valence-corrected chi connectivity index (χ0v) is 12.6. The van der Waals surface area contributed by atoms with Crippen LogP contribution in [-0.2, 0) is 6.42 Å². The van der Waals surface area contributed by atoms with E-state index in [9.17, 15) is 14.7 Å². The molecule has 1 atom stereocenters. The first-order valence-electron chi connectivity index (χ1n) is 7.45. The van der Waals surface area contributed by atoms with Crippen LogP contribution in [-0.4, -0.2) is 30.2 Å². The van der Waals surface area contributed by atoms with E-state index in [0.29, 0.717) is 31.0 Å². The van der Waals surface area contributed by atoms with Crippen molar-refractivity contribution >= 4 is 17.7 Å². The standard InChI is InChI=1S/C16H22N2O3/c1-3-11(2)10-17-16(21)18-9-5-7-12-13(15(19)20)6-4-8-14(12)18/h4,6,8,11H,3,5,7,9-10H2,1-2H3,(H,17,21)(H,19,20). The molecule has 0 bridgehead atoms. The second-order valence-electron chi connectivity index (χ2n) is 5.56. The highest BCUT2D eigenvalue weighted by Crippen LogP contribution is 2.30. The molecule has 1 aliphatic rings. The van der Waals surface area contributed by atoms with Crippen LogP contribution in [0.1, 0.15) is 42.6 Å². The number of urea groups is 1. The third kappa shape index (κ3) is 3.35. The number of carbonyl (C=O) groups is 2. The van der Waals surface area contributed by atoms with Crippen molar-refractivity contribution in [1.29, 1.82) is 0 Å². The third-order valence-corrected chi connectivity index (χ3v) is 4.02. The molecule has 5 heteroatoms. The van der Waals surface area contributed by atoms with Gasteiger partial charge in [-0.1, -0.05) is 26.3 Å². The molecule has 0 fully saturated rings. The molecule has 0 aliphatic carbocycles. The summed E-state index contributed by atoms with van der Waals surface area (Å²) < 4.78 is 0. The van der Waals surface area contributed by atoms with Gasteiger partial charge in [0.1, 0.15) is 0 Å². The number of nitrogens with zero attached hydrogens (tertiary/aromatic N) is 1. The quantitative estimate of drug-likeness (QED) is 0.895. The smallest absolute Gasteiger partial charge is 0.336 e. The first-order chi connectivity index (χ1) is 10.0. The number of fused-ring (bicyclic) bond motifs is 1. The molecule has 21 heavy (non-hydrogen) atoms. The van der Waals surface area contributed by atoms with Crippen LogP contribution >= 0.6 is 0 Å². The molecule has 0 aromatic heterocycles. The summed E-state index contributed by atoms with van der Waals surface area (Å²) in [6.45, 7) is 5.45. The Balaban J connectivity index is 2.20. The summed E-state index contributed by atoms with van der Waals surface area (Å²) in [6, 6.07) is 4.98. The minimum atomic E-state index is -0.936. The van der Waals surface area contributed by atoms with Crippen molar-refractivity contribution < 1.29 is 14.7 Å². The topological polar surface area (TPSA) is 69.6 Å². The van der Waals surface area contributed by atoms with Crippen molar-refractivity contribution in [2.24, 2.45) is 5.92 Å². The van der Waals surface area contributed by atoms with Gasteiger partial charge in [-0.05, 0) is 36.5 Å². The maximum absolute atomic E-state index is 12.3. The summed E-state index contributed by atoms with van der Waals surface area (Å²) in [4.78, 5) is 25.3. The molecule has 0 radical (unpaired) electrons. The van der Waals surface area contributed by atoms with Gasteiger partial charge in [-0.3, -0.25) is 4.90 Å². The predicted octanol–water partition coefficient (Wildman–Crippen LogP) is 2.89. The maximum atomic E-state index is 12.3. The predicted molar refractivity (Wildman–Crippen MR) is 81.9 cm³/mol. The van der Waals surface area contributed by atoms with E-state index in [1.54, 1.807) is 17.0 Å². The van der Waals surface area contributed by atoms with Gasteiger partial charge < -0.3 is 10.4 Å². The molecule has 2 rings (SSSR count). The number of hydrogen-bond donors (Lipinski definition) is 2. The molecule has 114 valence electrons. The first kappa shape index (κ1) is 15.4. The van der Waals surface area contributed by atoms with Gasteiger partial charge in [0, 0.05) is 18.8 Å². The van der Waals surface area contributed by atoms with Crippen molar-refractivity contribution in [2.45, 2.75) is 33.1 Å². The number of hydrogen-bond acceptors (Lipinski definition) is 2. The number of carboxylic acid groups (broad SMARTS) is 1. The van der Waals surface area contributed by atoms with Crippen LogP contribution in [0.3, 0.4) is 0 Å². The monoisotopic (exact) mass is 290 g/mol. The van der Waals surface area contributed by atoms with Crippen LogP contribution in [0.5, 0.6) is 0 Å². The summed E-state index contributed by atoms with van der Waals surface area (Å²) in [6.07, 6.45) is 2.50. The van der Waals surface area contributed by atoms with E-state index in [1.807, 2.05) is 6.07 Å². The van der Waals surface area contributed by atoms with E-state index in [4.69, 9.17) is 0 Å². The molecule has 2 amide bonds. The lowest BCUT2D eigenvalue weighted by Crippen LogP contribution is -2.44. The largest absolute Gasteiger partial charge is 0.478 e. The summed E-state index contributed by atoms with van der Waals surface area (Å²) in [5.74, 6) is -0.503. The zero-order chi connectivity index (χ0) is 15.4. The Morgan fingerprint density at radius 2 is 2.19 bits per heavy atom. The lowest BCUT2D eigenvalue weighted by molar-refractivity contribution is 0.0695. The Bertz CT molecular complexity index is 542. The molecule has 0 spiro atoms. The third-order valence-electron chi connectivity index (χ3n) is 4.02. The Kier molecular flexibility index (Phi) is 4.83. The molecule has 1 aromatic rings. The molecule has 1 unspecified atom stereocenters. The lowest BCUT2D eigenvalue weighted by Gasteiger charge is -2.30. The van der Waals surface area contributed by atoms with Gasteiger partial charge in [-0.25, -0.2) is 9.59 Å². The normalized spacial score (nSPS) is 15.2. The fourth-order valence-corrected chi connectivity index (χ4v) is 2.54. The van der Waals surface area contributed by atoms with Crippen molar-refractivity contribution in [3.05, 3.63) is 29.3 Å². The molecule has 1 aromatic carbocycles. The Morgan fingerprint density at radius 3 is 2.86 bits per heavy atom. The van der Waals surface area contributed by atoms with E-state index in [1.165, 1.54) is 0 Å². The number of nitrogens with one attached hydrogen (secondary N) is 1. The van der Waals surface area contributed by atoms with E-state index in [2.05, 4.69) is 19.2 Å². The molecule has 0 saturated heterocycles. The van der Waals surface area contributed by atoms with Gasteiger partial charge in [0.05, 0.1) is 5.56 Å². The second-order valence-corrected chi connectivity index (χ2v) is 5.56. The average molecular weight is 290 g/mol. The van der Waals surface area contributed by atoms with Gasteiger partial charge in [-0.15, -0.1) is 0 Å². The van der Waals surface area contributed by atoms with Crippen LogP contribution in [0.2, 0.25) is 0 Å². The number of carbonyl (C=O) groups excluding carboxylic acids is 1. The van der Waals surface area contributed by atoms with E-state index < -0.39 is 5.97 Å². The highest BCUT2D eigenvalue weighted by atomic mass is 16.4. The minimum absolute atomic E-state index is 0.140. The van der Waals surface area contributed by atoms with E-state index in [0.717, 1.165) is 24.1 Å². The molecule has 1 aliphatic heterocycles. The summed E-state index contributed by atoms with van der Waals surface area (Å²) in [5.41, 5.74) is 1.78. The van der Waals surface area contributed by atoms with Crippen LogP contribution in [0.4, 0.5) is 10.5 Å². The second kappa shape index (κ2) is 6.61. The Hall–Kier alpha value is -2.04. The van der Waals surface area contributed by atoms with Crippen molar-refractivity contribution in [3.8, 4) is 0 Å². The lowest BCUT2D eigenvalue weighted by atomic mass is 9.96. The molecule has 5 nitrogen and oxygen atoms in total. The summed E-state index contributed by atoms with van der Waals surface area (Å²) in [5, 5.41) is 12.2. The van der Waals surface area contributed by atoms with Crippen LogP contribution in [0.25, 0.3) is 0 Å². The van der Waals surface area contributed by atoms with Crippen LogP contribution in [0.15, 0.2) is 18.2 Å². The number of amides is 2. The SMILES string of the molecule is CCC(C)CNC(=O)N1CCCc2c(C(=O)O)cccc21. The van der Waals surface area contributed by atoms with E-state index >= 15 is 0 Å². The summed E-state index contributed by atoms with van der Waals surface area (Å²) in [7, 11) is 0. The van der Waals surface area contributed by atoms with Crippen LogP contribution < -0.4 is 10.2 Å². The first-order valence-corrected chi connectivity index (χ1v) is 7.45. The molecule has 1 heterocycles. The Morgan fingerprint density at radius 1 is 1.43 bits per heavy atom. The van der Waals surface area contributed by atoms with Crippen molar-refractivity contribution in [1.82, 2.24) is 5.32 Å². The summed E-state index contributed by atoms with van der Waals surface area (Å²) >= 11 is 0. The highest BCUT2D eigenvalue weighted by Gasteiger charge is 2.25. The maximum Gasteiger partial charge on any atom is 0.336 e. The number of carboxylic acids is 1. The molecule has 0 saturated carbocycles.